The van der Waals surface area contributed by atoms with E-state index in [4.69, 9.17) is 0 Å². The van der Waals surface area contributed by atoms with Crippen molar-refractivity contribution < 1.29 is 5.21 Å². The van der Waals surface area contributed by atoms with Crippen LogP contribution < -0.4 is 0 Å². The van der Waals surface area contributed by atoms with E-state index in [0.717, 1.165) is 12.5 Å². The van der Waals surface area contributed by atoms with E-state index in [2.05, 4.69) is 0 Å². The van der Waals surface area contributed by atoms with E-state index < -0.39 is 0 Å². The van der Waals surface area contributed by atoms with E-state index in [1.54, 1.807) is 5.06 Å². The van der Waals surface area contributed by atoms with Crippen LogP contribution in [0.5, 0.6) is 0 Å². The highest BCUT2D eigenvalue weighted by molar-refractivity contribution is 5.85. The zero-order valence-electron chi connectivity index (χ0n) is 7.41. The standard InChI is InChI=1S/C9H17NO.ClH/c11-10-7-3-5-8-4-1-2-6-9(8)10;/h8-9,11H,1-7H2;1H/t8-,9+;/m0./s1. The summed E-state index contributed by atoms with van der Waals surface area (Å²) in [4.78, 5) is 0. The maximum absolute atomic E-state index is 9.54. The first-order valence-electron chi connectivity index (χ1n) is 4.83. The number of halogens is 1. The summed E-state index contributed by atoms with van der Waals surface area (Å²) in [6.07, 6.45) is 7.82. The normalized spacial score (nSPS) is 36.8. The molecule has 3 heteroatoms. The van der Waals surface area contributed by atoms with Gasteiger partial charge in [-0.05, 0) is 31.6 Å². The van der Waals surface area contributed by atoms with Crippen molar-refractivity contribution in [1.29, 1.82) is 0 Å². The molecule has 2 rings (SSSR count). The summed E-state index contributed by atoms with van der Waals surface area (Å²) < 4.78 is 0. The van der Waals surface area contributed by atoms with Gasteiger partial charge in [0.2, 0.25) is 0 Å². The molecule has 0 aromatic heterocycles. The summed E-state index contributed by atoms with van der Waals surface area (Å²) in [6, 6.07) is 0.512. The smallest absolute Gasteiger partial charge is 0.0378 e. The Balaban J connectivity index is 0.000000720. The lowest BCUT2D eigenvalue weighted by Gasteiger charge is -2.40. The molecule has 1 saturated heterocycles. The molecule has 0 unspecified atom stereocenters. The fraction of sp³-hybridized carbons (Fsp3) is 1.00. The molecule has 0 aromatic carbocycles. The molecule has 1 saturated carbocycles. The van der Waals surface area contributed by atoms with E-state index in [1.165, 1.54) is 38.5 Å². The monoisotopic (exact) mass is 191 g/mol. The van der Waals surface area contributed by atoms with Gasteiger partial charge in [-0.3, -0.25) is 0 Å². The van der Waals surface area contributed by atoms with Gasteiger partial charge < -0.3 is 5.21 Å². The number of rotatable bonds is 0. The zero-order valence-corrected chi connectivity index (χ0v) is 8.22. The fourth-order valence-corrected chi connectivity index (χ4v) is 2.60. The predicted molar refractivity (Wildman–Crippen MR) is 50.7 cm³/mol. The molecule has 1 aliphatic carbocycles. The van der Waals surface area contributed by atoms with Crippen molar-refractivity contribution in [3.05, 3.63) is 0 Å². The highest BCUT2D eigenvalue weighted by atomic mass is 35.5. The van der Waals surface area contributed by atoms with Gasteiger partial charge >= 0.3 is 0 Å². The van der Waals surface area contributed by atoms with Gasteiger partial charge in [0.25, 0.3) is 0 Å². The van der Waals surface area contributed by atoms with Gasteiger partial charge in [-0.1, -0.05) is 12.8 Å². The molecule has 2 fully saturated rings. The minimum atomic E-state index is 0. The summed E-state index contributed by atoms with van der Waals surface area (Å²) in [5.74, 6) is 0.808. The summed E-state index contributed by atoms with van der Waals surface area (Å²) in [6.45, 7) is 0.904. The molecule has 2 nitrogen and oxygen atoms in total. The number of hydrogen-bond donors (Lipinski definition) is 1. The summed E-state index contributed by atoms with van der Waals surface area (Å²) in [5, 5.41) is 11.1. The molecule has 0 aromatic rings. The third-order valence-corrected chi connectivity index (χ3v) is 3.21. The Kier molecular flexibility index (Phi) is 3.81. The third kappa shape index (κ3) is 1.93. The molecule has 2 aliphatic rings. The van der Waals surface area contributed by atoms with Crippen molar-refractivity contribution >= 4 is 12.4 Å². The van der Waals surface area contributed by atoms with Crippen LogP contribution in [-0.2, 0) is 0 Å². The minimum absolute atomic E-state index is 0. The Morgan fingerprint density at radius 1 is 1.00 bits per heavy atom. The van der Waals surface area contributed by atoms with Crippen LogP contribution in [0.25, 0.3) is 0 Å². The van der Waals surface area contributed by atoms with Crippen LogP contribution in [0.3, 0.4) is 0 Å². The van der Waals surface area contributed by atoms with Crippen LogP contribution in [0.2, 0.25) is 0 Å². The Labute approximate surface area is 80.3 Å². The van der Waals surface area contributed by atoms with Crippen molar-refractivity contribution in [3.8, 4) is 0 Å². The van der Waals surface area contributed by atoms with Gasteiger partial charge in [-0.2, -0.15) is 5.06 Å². The van der Waals surface area contributed by atoms with E-state index in [9.17, 15) is 5.21 Å². The van der Waals surface area contributed by atoms with Crippen molar-refractivity contribution in [2.75, 3.05) is 6.54 Å². The number of hydrogen-bond acceptors (Lipinski definition) is 2. The van der Waals surface area contributed by atoms with E-state index in [1.807, 2.05) is 0 Å². The Bertz CT molecular complexity index is 140. The van der Waals surface area contributed by atoms with Gasteiger partial charge in [-0.15, -0.1) is 12.4 Å². The SMILES string of the molecule is Cl.ON1CCC[C@@H]2CCCC[C@H]21. The lowest BCUT2D eigenvalue weighted by Crippen LogP contribution is -2.44. The first-order chi connectivity index (χ1) is 5.38. The van der Waals surface area contributed by atoms with Gasteiger partial charge in [0, 0.05) is 12.6 Å². The molecule has 1 heterocycles. The van der Waals surface area contributed by atoms with Crippen LogP contribution in [0.1, 0.15) is 38.5 Å². The molecule has 12 heavy (non-hydrogen) atoms. The highest BCUT2D eigenvalue weighted by Crippen LogP contribution is 2.33. The van der Waals surface area contributed by atoms with Gasteiger partial charge in [-0.25, -0.2) is 0 Å². The summed E-state index contributed by atoms with van der Waals surface area (Å²) >= 11 is 0. The Morgan fingerprint density at radius 3 is 2.42 bits per heavy atom. The second-order valence-electron chi connectivity index (χ2n) is 3.92. The number of hydroxylamine groups is 2. The maximum atomic E-state index is 9.54. The third-order valence-electron chi connectivity index (χ3n) is 3.21. The molecule has 0 radical (unpaired) electrons. The van der Waals surface area contributed by atoms with Crippen LogP contribution in [0.15, 0.2) is 0 Å². The Morgan fingerprint density at radius 2 is 1.67 bits per heavy atom. The average molecular weight is 192 g/mol. The summed E-state index contributed by atoms with van der Waals surface area (Å²) in [7, 11) is 0. The summed E-state index contributed by atoms with van der Waals surface area (Å²) in [5.41, 5.74) is 0. The predicted octanol–water partition coefficient (Wildman–Crippen LogP) is 2.45. The minimum Gasteiger partial charge on any atom is -0.314 e. The second kappa shape index (κ2) is 4.45. The molecule has 72 valence electrons. The maximum Gasteiger partial charge on any atom is 0.0378 e. The van der Waals surface area contributed by atoms with E-state index >= 15 is 0 Å². The van der Waals surface area contributed by atoms with Gasteiger partial charge in [0.1, 0.15) is 0 Å². The first-order valence-corrected chi connectivity index (χ1v) is 4.83. The Hall–Kier alpha value is 0.210. The largest absolute Gasteiger partial charge is 0.314 e. The van der Waals surface area contributed by atoms with Crippen molar-refractivity contribution in [1.82, 2.24) is 5.06 Å². The molecule has 2 atom stereocenters. The number of fused-ring (bicyclic) bond motifs is 1. The quantitative estimate of drug-likeness (QED) is 0.636. The van der Waals surface area contributed by atoms with Crippen LogP contribution >= 0.6 is 12.4 Å². The molecule has 1 aliphatic heterocycles. The second-order valence-corrected chi connectivity index (χ2v) is 3.92. The average Bonchev–Trinajstić information content (AvgIpc) is 2.06. The molecule has 0 amide bonds. The zero-order chi connectivity index (χ0) is 7.68. The first kappa shape index (κ1) is 10.3. The topological polar surface area (TPSA) is 23.5 Å². The van der Waals surface area contributed by atoms with Crippen LogP contribution in [0, 0.1) is 5.92 Å². The van der Waals surface area contributed by atoms with E-state index in [-0.39, 0.29) is 12.4 Å². The van der Waals surface area contributed by atoms with Gasteiger partial charge in [0.05, 0.1) is 0 Å². The molecule has 0 bridgehead atoms. The van der Waals surface area contributed by atoms with E-state index in [0.29, 0.717) is 6.04 Å². The lowest BCUT2D eigenvalue weighted by atomic mass is 9.79. The lowest BCUT2D eigenvalue weighted by molar-refractivity contribution is -0.167. The number of piperidine rings is 1. The van der Waals surface area contributed by atoms with Gasteiger partial charge in [0.15, 0.2) is 0 Å². The molecular formula is C9H18ClNO. The van der Waals surface area contributed by atoms with Crippen LogP contribution in [-0.4, -0.2) is 22.9 Å². The molecular weight excluding hydrogens is 174 g/mol. The molecule has 1 N–H and O–H groups in total. The van der Waals surface area contributed by atoms with Crippen molar-refractivity contribution in [2.24, 2.45) is 5.92 Å². The number of nitrogens with zero attached hydrogens (tertiary/aromatic N) is 1. The molecule has 0 spiro atoms. The fourth-order valence-electron chi connectivity index (χ4n) is 2.60. The van der Waals surface area contributed by atoms with Crippen molar-refractivity contribution in [3.63, 3.8) is 0 Å². The van der Waals surface area contributed by atoms with Crippen LogP contribution in [0.4, 0.5) is 0 Å². The highest BCUT2D eigenvalue weighted by Gasteiger charge is 2.32. The van der Waals surface area contributed by atoms with Crippen molar-refractivity contribution in [2.45, 2.75) is 44.6 Å².